The Bertz CT molecular complexity index is 1380. The zero-order chi connectivity index (χ0) is 22.1. The van der Waals surface area contributed by atoms with Gasteiger partial charge in [0.1, 0.15) is 9.79 Å². The second-order valence-corrected chi connectivity index (χ2v) is 10.9. The number of amides is 1. The molecule has 2 aromatic heterocycles. The number of thiophene rings is 1. The minimum absolute atomic E-state index is 0.147. The number of furan rings is 1. The molecule has 32 heavy (non-hydrogen) atoms. The molecule has 1 aliphatic rings. The van der Waals surface area contributed by atoms with Crippen LogP contribution in [0.5, 0.6) is 0 Å². The Balaban J connectivity index is 1.27. The van der Waals surface area contributed by atoms with Gasteiger partial charge in [0.25, 0.3) is 10.0 Å². The van der Waals surface area contributed by atoms with Crippen molar-refractivity contribution in [3.63, 3.8) is 0 Å². The van der Waals surface area contributed by atoms with Crippen molar-refractivity contribution in [2.75, 3.05) is 26.3 Å². The fourth-order valence-electron chi connectivity index (χ4n) is 3.93. The quantitative estimate of drug-likeness (QED) is 0.466. The van der Waals surface area contributed by atoms with E-state index in [0.29, 0.717) is 26.3 Å². The molecule has 1 saturated heterocycles. The number of benzene rings is 2. The van der Waals surface area contributed by atoms with Gasteiger partial charge in [-0.05, 0) is 29.0 Å². The van der Waals surface area contributed by atoms with Crippen LogP contribution in [0.25, 0.3) is 21.7 Å². The van der Waals surface area contributed by atoms with Crippen LogP contribution in [-0.2, 0) is 32.5 Å². The minimum Gasteiger partial charge on any atom is -0.464 e. The number of hydrogen-bond acceptors (Lipinski definition) is 6. The number of sulfonamides is 1. The first-order valence-corrected chi connectivity index (χ1v) is 12.6. The summed E-state index contributed by atoms with van der Waals surface area (Å²) < 4.78 is 38.2. The van der Waals surface area contributed by atoms with E-state index in [0.717, 1.165) is 32.2 Å². The molecule has 1 amide bonds. The van der Waals surface area contributed by atoms with E-state index in [2.05, 4.69) is 5.32 Å². The number of ether oxygens (including phenoxy) is 1. The first kappa shape index (κ1) is 21.1. The van der Waals surface area contributed by atoms with Gasteiger partial charge in [0.2, 0.25) is 5.91 Å². The lowest BCUT2D eigenvalue weighted by atomic mass is 10.0. The van der Waals surface area contributed by atoms with Crippen molar-refractivity contribution in [3.8, 4) is 0 Å². The van der Waals surface area contributed by atoms with Crippen LogP contribution in [0.15, 0.2) is 63.4 Å². The third-order valence-electron chi connectivity index (χ3n) is 5.55. The standard InChI is InChI=1S/C23H22N2O5S2/c26-21(13-17-15-30-20-7-5-16-3-1-2-4-19(16)23(17)20)24-14-18-6-8-22(31-18)32(27,28)25-9-11-29-12-10-25/h1-8,15H,9-14H2,(H,24,26). The fraction of sp³-hybridized carbons (Fsp3) is 0.261. The van der Waals surface area contributed by atoms with Crippen LogP contribution in [-0.4, -0.2) is 44.9 Å². The highest BCUT2D eigenvalue weighted by Crippen LogP contribution is 2.30. The number of rotatable bonds is 6. The zero-order valence-corrected chi connectivity index (χ0v) is 18.9. The molecule has 3 heterocycles. The van der Waals surface area contributed by atoms with Crippen LogP contribution in [0.3, 0.4) is 0 Å². The largest absolute Gasteiger partial charge is 0.464 e. The number of nitrogens with one attached hydrogen (secondary N) is 1. The van der Waals surface area contributed by atoms with Crippen molar-refractivity contribution in [2.24, 2.45) is 0 Å². The molecule has 1 fully saturated rings. The van der Waals surface area contributed by atoms with Gasteiger partial charge < -0.3 is 14.5 Å². The van der Waals surface area contributed by atoms with Gasteiger partial charge in [-0.2, -0.15) is 4.31 Å². The van der Waals surface area contributed by atoms with Gasteiger partial charge in [0.05, 0.1) is 32.4 Å². The molecule has 5 rings (SSSR count). The maximum atomic E-state index is 12.8. The summed E-state index contributed by atoms with van der Waals surface area (Å²) in [5, 5.41) is 5.99. The van der Waals surface area contributed by atoms with Crippen LogP contribution >= 0.6 is 11.3 Å². The molecule has 0 bridgehead atoms. The van der Waals surface area contributed by atoms with Crippen LogP contribution in [0, 0.1) is 0 Å². The third kappa shape index (κ3) is 4.04. The van der Waals surface area contributed by atoms with Gasteiger partial charge in [-0.25, -0.2) is 8.42 Å². The predicted molar refractivity (Wildman–Crippen MR) is 123 cm³/mol. The number of hydrogen-bond donors (Lipinski definition) is 1. The van der Waals surface area contributed by atoms with E-state index in [9.17, 15) is 13.2 Å². The maximum absolute atomic E-state index is 12.8. The van der Waals surface area contributed by atoms with Crippen molar-refractivity contribution in [2.45, 2.75) is 17.2 Å². The average molecular weight is 471 g/mol. The molecule has 0 aliphatic carbocycles. The van der Waals surface area contributed by atoms with Crippen LogP contribution in [0.2, 0.25) is 0 Å². The Kier molecular flexibility index (Phi) is 5.73. The van der Waals surface area contributed by atoms with Crippen molar-refractivity contribution in [1.82, 2.24) is 9.62 Å². The first-order chi connectivity index (χ1) is 15.5. The van der Waals surface area contributed by atoms with Crippen LogP contribution in [0.1, 0.15) is 10.4 Å². The summed E-state index contributed by atoms with van der Waals surface area (Å²) in [5.74, 6) is -0.147. The average Bonchev–Trinajstić information content (AvgIpc) is 3.46. The molecule has 0 atom stereocenters. The maximum Gasteiger partial charge on any atom is 0.252 e. The molecule has 9 heteroatoms. The van der Waals surface area contributed by atoms with Crippen molar-refractivity contribution in [1.29, 1.82) is 0 Å². The summed E-state index contributed by atoms with van der Waals surface area (Å²) >= 11 is 1.18. The van der Waals surface area contributed by atoms with Gasteiger partial charge in [0.15, 0.2) is 0 Å². The van der Waals surface area contributed by atoms with E-state index in [1.165, 1.54) is 15.6 Å². The lowest BCUT2D eigenvalue weighted by molar-refractivity contribution is -0.120. The van der Waals surface area contributed by atoms with E-state index < -0.39 is 10.0 Å². The summed E-state index contributed by atoms with van der Waals surface area (Å²) in [7, 11) is -3.52. The summed E-state index contributed by atoms with van der Waals surface area (Å²) in [6.07, 6.45) is 1.82. The van der Waals surface area contributed by atoms with Crippen molar-refractivity contribution >= 4 is 49.0 Å². The number of carbonyl (C=O) groups is 1. The Morgan fingerprint density at radius 2 is 1.88 bits per heavy atom. The van der Waals surface area contributed by atoms with Crippen LogP contribution < -0.4 is 5.32 Å². The second kappa shape index (κ2) is 8.67. The summed E-state index contributed by atoms with van der Waals surface area (Å²) in [5.41, 5.74) is 1.58. The van der Waals surface area contributed by atoms with Crippen LogP contribution in [0.4, 0.5) is 0 Å². The fourth-order valence-corrected chi connectivity index (χ4v) is 6.79. The zero-order valence-electron chi connectivity index (χ0n) is 17.2. The lowest BCUT2D eigenvalue weighted by Crippen LogP contribution is -2.40. The number of fused-ring (bicyclic) bond motifs is 3. The molecule has 0 radical (unpaired) electrons. The van der Waals surface area contributed by atoms with Gasteiger partial charge in [0, 0.05) is 28.9 Å². The molecular formula is C23H22N2O5S2. The smallest absolute Gasteiger partial charge is 0.252 e. The van der Waals surface area contributed by atoms with E-state index in [1.54, 1.807) is 18.4 Å². The molecule has 1 aliphatic heterocycles. The number of carbonyl (C=O) groups excluding carboxylic acids is 1. The van der Waals surface area contributed by atoms with E-state index in [4.69, 9.17) is 9.15 Å². The van der Waals surface area contributed by atoms with Gasteiger partial charge >= 0.3 is 0 Å². The summed E-state index contributed by atoms with van der Waals surface area (Å²) in [6, 6.07) is 15.3. The summed E-state index contributed by atoms with van der Waals surface area (Å²) in [4.78, 5) is 13.4. The SMILES string of the molecule is O=C(Cc1coc2ccc3ccccc3c12)NCc1ccc(S(=O)(=O)N2CCOCC2)s1. The third-order valence-corrected chi connectivity index (χ3v) is 9.00. The van der Waals surface area contributed by atoms with E-state index in [1.807, 2.05) is 36.4 Å². The van der Waals surface area contributed by atoms with E-state index >= 15 is 0 Å². The molecular weight excluding hydrogens is 448 g/mol. The first-order valence-electron chi connectivity index (χ1n) is 10.3. The van der Waals surface area contributed by atoms with E-state index in [-0.39, 0.29) is 23.1 Å². The second-order valence-electron chi connectivity index (χ2n) is 7.61. The van der Waals surface area contributed by atoms with Gasteiger partial charge in [-0.1, -0.05) is 30.3 Å². The Labute approximate surface area is 189 Å². The monoisotopic (exact) mass is 470 g/mol. The topological polar surface area (TPSA) is 88.8 Å². The van der Waals surface area contributed by atoms with Gasteiger partial charge in [-0.3, -0.25) is 4.79 Å². The normalized spacial score (nSPS) is 15.4. The molecule has 166 valence electrons. The predicted octanol–water partition coefficient (Wildman–Crippen LogP) is 3.53. The highest BCUT2D eigenvalue weighted by Gasteiger charge is 2.27. The summed E-state index contributed by atoms with van der Waals surface area (Å²) in [6.45, 7) is 1.81. The highest BCUT2D eigenvalue weighted by atomic mass is 32.2. The van der Waals surface area contributed by atoms with Crippen molar-refractivity contribution < 1.29 is 22.4 Å². The molecule has 0 spiro atoms. The highest BCUT2D eigenvalue weighted by molar-refractivity contribution is 7.91. The number of morpholine rings is 1. The molecule has 0 saturated carbocycles. The molecule has 4 aromatic rings. The molecule has 2 aromatic carbocycles. The number of nitrogens with zero attached hydrogens (tertiary/aromatic N) is 1. The van der Waals surface area contributed by atoms with Crippen molar-refractivity contribution in [3.05, 3.63) is 65.2 Å². The Morgan fingerprint density at radius 3 is 2.72 bits per heavy atom. The minimum atomic E-state index is -3.52. The molecule has 1 N–H and O–H groups in total. The lowest BCUT2D eigenvalue weighted by Gasteiger charge is -2.25. The van der Waals surface area contributed by atoms with Gasteiger partial charge in [-0.15, -0.1) is 11.3 Å². The molecule has 0 unspecified atom stereocenters. The Morgan fingerprint density at radius 1 is 1.06 bits per heavy atom. The Hall–Kier alpha value is -2.72. The molecule has 7 nitrogen and oxygen atoms in total.